The molecule has 0 saturated heterocycles. The van der Waals surface area contributed by atoms with Crippen LogP contribution >= 0.6 is 0 Å². The van der Waals surface area contributed by atoms with E-state index in [4.69, 9.17) is 8.83 Å². The van der Waals surface area contributed by atoms with Gasteiger partial charge in [-0.1, -0.05) is 18.2 Å². The third kappa shape index (κ3) is 3.01. The Hall–Kier alpha value is -3.28. The highest BCUT2D eigenvalue weighted by Crippen LogP contribution is 2.25. The standard InChI is InChI=1S/C20H17FN2O3/c1-13-9-17-19(26-13)10-18(20(24)22-11-15-6-4-8-25-15)23(17)12-14-5-2-3-7-16(14)21/h2-10H,11-12H2,1H3,(H,22,24). The minimum atomic E-state index is -0.309. The van der Waals surface area contributed by atoms with Crippen LogP contribution in [0.15, 0.2) is 63.6 Å². The maximum Gasteiger partial charge on any atom is 0.268 e. The zero-order valence-electron chi connectivity index (χ0n) is 14.2. The fourth-order valence-corrected chi connectivity index (χ4v) is 2.99. The number of aromatic nitrogens is 1. The highest BCUT2D eigenvalue weighted by Gasteiger charge is 2.19. The summed E-state index contributed by atoms with van der Waals surface area (Å²) in [5, 5.41) is 2.82. The second-order valence-electron chi connectivity index (χ2n) is 6.08. The molecule has 26 heavy (non-hydrogen) atoms. The maximum absolute atomic E-state index is 14.1. The van der Waals surface area contributed by atoms with E-state index in [1.165, 1.54) is 6.07 Å². The van der Waals surface area contributed by atoms with Crippen molar-refractivity contribution in [1.29, 1.82) is 0 Å². The summed E-state index contributed by atoms with van der Waals surface area (Å²) in [6.45, 7) is 2.35. The Balaban J connectivity index is 1.68. The molecule has 6 heteroatoms. The lowest BCUT2D eigenvalue weighted by molar-refractivity contribution is 0.0939. The van der Waals surface area contributed by atoms with Gasteiger partial charge in [-0.15, -0.1) is 0 Å². The summed E-state index contributed by atoms with van der Waals surface area (Å²) in [6, 6.07) is 13.6. The van der Waals surface area contributed by atoms with Crippen LogP contribution in [0.1, 0.15) is 27.6 Å². The number of carbonyl (C=O) groups excluding carboxylic acids is 1. The Morgan fingerprint density at radius 3 is 2.81 bits per heavy atom. The van der Waals surface area contributed by atoms with E-state index >= 15 is 0 Å². The van der Waals surface area contributed by atoms with Crippen molar-refractivity contribution in [3.63, 3.8) is 0 Å². The Kier molecular flexibility index (Phi) is 4.08. The predicted octanol–water partition coefficient (Wildman–Crippen LogP) is 4.25. The van der Waals surface area contributed by atoms with Gasteiger partial charge in [0.15, 0.2) is 5.58 Å². The van der Waals surface area contributed by atoms with Gasteiger partial charge in [-0.25, -0.2) is 4.39 Å². The number of nitrogens with zero attached hydrogens (tertiary/aromatic N) is 1. The molecule has 0 spiro atoms. The average Bonchev–Trinajstić information content (AvgIpc) is 3.32. The zero-order chi connectivity index (χ0) is 18.1. The number of hydrogen-bond acceptors (Lipinski definition) is 3. The molecule has 0 aliphatic heterocycles. The maximum atomic E-state index is 14.1. The van der Waals surface area contributed by atoms with Crippen LogP contribution in [0.25, 0.3) is 11.1 Å². The smallest absolute Gasteiger partial charge is 0.268 e. The number of nitrogens with one attached hydrogen (secondary N) is 1. The lowest BCUT2D eigenvalue weighted by Crippen LogP contribution is -2.25. The molecule has 132 valence electrons. The highest BCUT2D eigenvalue weighted by molar-refractivity contribution is 5.97. The SMILES string of the molecule is Cc1cc2c(cc(C(=O)NCc3ccco3)n2Cc2ccccc2F)o1. The monoisotopic (exact) mass is 352 g/mol. The quantitative estimate of drug-likeness (QED) is 0.584. The molecule has 0 atom stereocenters. The van der Waals surface area contributed by atoms with Gasteiger partial charge in [0.2, 0.25) is 0 Å². The van der Waals surface area contributed by atoms with Gasteiger partial charge in [-0.05, 0) is 25.1 Å². The third-order valence-electron chi connectivity index (χ3n) is 4.23. The van der Waals surface area contributed by atoms with E-state index in [1.54, 1.807) is 47.2 Å². The molecule has 1 aromatic carbocycles. The van der Waals surface area contributed by atoms with Crippen LogP contribution in [0.4, 0.5) is 4.39 Å². The van der Waals surface area contributed by atoms with E-state index in [9.17, 15) is 9.18 Å². The number of hydrogen-bond donors (Lipinski definition) is 1. The Labute approximate surface area is 149 Å². The number of furan rings is 2. The molecule has 1 N–H and O–H groups in total. The van der Waals surface area contributed by atoms with Gasteiger partial charge in [0.1, 0.15) is 23.0 Å². The first-order chi connectivity index (χ1) is 12.6. The fourth-order valence-electron chi connectivity index (χ4n) is 2.99. The Morgan fingerprint density at radius 2 is 2.04 bits per heavy atom. The molecule has 4 aromatic rings. The summed E-state index contributed by atoms with van der Waals surface area (Å²) in [4.78, 5) is 12.7. The van der Waals surface area contributed by atoms with E-state index in [0.717, 1.165) is 11.3 Å². The van der Waals surface area contributed by atoms with Gasteiger partial charge in [0.25, 0.3) is 5.91 Å². The number of fused-ring (bicyclic) bond motifs is 1. The van der Waals surface area contributed by atoms with Crippen molar-refractivity contribution >= 4 is 17.0 Å². The molecular formula is C20H17FN2O3. The van der Waals surface area contributed by atoms with Crippen molar-refractivity contribution in [1.82, 2.24) is 9.88 Å². The van der Waals surface area contributed by atoms with Crippen molar-refractivity contribution < 1.29 is 18.0 Å². The summed E-state index contributed by atoms with van der Waals surface area (Å²) >= 11 is 0. The van der Waals surface area contributed by atoms with Gasteiger partial charge in [-0.2, -0.15) is 0 Å². The molecule has 0 radical (unpaired) electrons. The second kappa shape index (κ2) is 6.55. The van der Waals surface area contributed by atoms with Crippen LogP contribution < -0.4 is 5.32 Å². The first-order valence-corrected chi connectivity index (χ1v) is 8.25. The second-order valence-corrected chi connectivity index (χ2v) is 6.08. The number of halogens is 1. The summed E-state index contributed by atoms with van der Waals surface area (Å²) in [5.41, 5.74) is 2.27. The largest absolute Gasteiger partial charge is 0.467 e. The molecule has 0 fully saturated rings. The summed E-state index contributed by atoms with van der Waals surface area (Å²) in [5.74, 6) is 0.809. The molecule has 3 aromatic heterocycles. The lowest BCUT2D eigenvalue weighted by Gasteiger charge is -2.11. The Bertz CT molecular complexity index is 1060. The number of benzene rings is 1. The van der Waals surface area contributed by atoms with Gasteiger partial charge in [-0.3, -0.25) is 4.79 Å². The summed E-state index contributed by atoms with van der Waals surface area (Å²) < 4.78 is 26.7. The van der Waals surface area contributed by atoms with Crippen LogP contribution in [0.2, 0.25) is 0 Å². The van der Waals surface area contributed by atoms with Crippen molar-refractivity contribution in [2.45, 2.75) is 20.0 Å². The molecule has 1 amide bonds. The van der Waals surface area contributed by atoms with Gasteiger partial charge in [0, 0.05) is 17.7 Å². The zero-order valence-corrected chi connectivity index (χ0v) is 14.2. The van der Waals surface area contributed by atoms with Gasteiger partial charge >= 0.3 is 0 Å². The number of rotatable bonds is 5. The van der Waals surface area contributed by atoms with Crippen molar-refractivity contribution in [2.75, 3.05) is 0 Å². The first kappa shape index (κ1) is 16.2. The van der Waals surface area contributed by atoms with Gasteiger partial charge in [0.05, 0.1) is 24.9 Å². The lowest BCUT2D eigenvalue weighted by atomic mass is 10.2. The van der Waals surface area contributed by atoms with E-state index in [0.29, 0.717) is 22.6 Å². The van der Waals surface area contributed by atoms with Crippen LogP contribution in [-0.2, 0) is 13.1 Å². The van der Waals surface area contributed by atoms with Crippen molar-refractivity contribution in [3.8, 4) is 0 Å². The highest BCUT2D eigenvalue weighted by atomic mass is 19.1. The van der Waals surface area contributed by atoms with Crippen LogP contribution in [-0.4, -0.2) is 10.5 Å². The topological polar surface area (TPSA) is 60.3 Å². The molecular weight excluding hydrogens is 335 g/mol. The summed E-state index contributed by atoms with van der Waals surface area (Å²) in [6.07, 6.45) is 1.55. The molecule has 0 unspecified atom stereocenters. The Morgan fingerprint density at radius 1 is 1.19 bits per heavy atom. The van der Waals surface area contributed by atoms with E-state index < -0.39 is 0 Å². The van der Waals surface area contributed by atoms with Crippen LogP contribution in [0.3, 0.4) is 0 Å². The number of carbonyl (C=O) groups is 1. The number of aryl methyl sites for hydroxylation is 1. The average molecular weight is 352 g/mol. The molecule has 3 heterocycles. The molecule has 0 aliphatic carbocycles. The third-order valence-corrected chi connectivity index (χ3v) is 4.23. The normalized spacial score (nSPS) is 11.2. The van der Waals surface area contributed by atoms with E-state index in [-0.39, 0.29) is 24.8 Å². The number of amides is 1. The van der Waals surface area contributed by atoms with Crippen LogP contribution in [0.5, 0.6) is 0 Å². The predicted molar refractivity (Wildman–Crippen MR) is 94.3 cm³/mol. The molecule has 0 aliphatic rings. The molecule has 4 rings (SSSR count). The van der Waals surface area contributed by atoms with Crippen LogP contribution in [0, 0.1) is 12.7 Å². The minimum absolute atomic E-state index is 0.235. The molecule has 0 saturated carbocycles. The molecule has 5 nitrogen and oxygen atoms in total. The minimum Gasteiger partial charge on any atom is -0.467 e. The summed E-state index contributed by atoms with van der Waals surface area (Å²) in [7, 11) is 0. The van der Waals surface area contributed by atoms with E-state index in [1.807, 2.05) is 13.0 Å². The molecule has 0 bridgehead atoms. The van der Waals surface area contributed by atoms with Crippen molar-refractivity contribution in [2.24, 2.45) is 0 Å². The fraction of sp³-hybridized carbons (Fsp3) is 0.150. The van der Waals surface area contributed by atoms with Crippen molar-refractivity contribution in [3.05, 3.63) is 83.4 Å². The van der Waals surface area contributed by atoms with Gasteiger partial charge < -0.3 is 18.7 Å². The van der Waals surface area contributed by atoms with E-state index in [2.05, 4.69) is 5.32 Å². The first-order valence-electron chi connectivity index (χ1n) is 8.25.